The molecular weight excluding hydrogens is 363 g/mol. The van der Waals surface area contributed by atoms with Crippen molar-refractivity contribution in [3.8, 4) is 5.69 Å². The van der Waals surface area contributed by atoms with Gasteiger partial charge in [0.1, 0.15) is 6.33 Å². The molecule has 0 spiro atoms. The molecule has 27 heavy (non-hydrogen) atoms. The molecule has 1 aromatic carbocycles. The van der Waals surface area contributed by atoms with Crippen molar-refractivity contribution in [2.24, 2.45) is 0 Å². The van der Waals surface area contributed by atoms with E-state index in [1.54, 1.807) is 6.07 Å². The minimum atomic E-state index is -4.57. The number of hydrogen-bond donors (Lipinski definition) is 2. The maximum atomic E-state index is 13.8. The lowest BCUT2D eigenvalue weighted by Crippen LogP contribution is -2.36. The first-order valence-electron chi connectivity index (χ1n) is 8.15. The number of anilines is 3. The summed E-state index contributed by atoms with van der Waals surface area (Å²) in [5.41, 5.74) is 11.2. The summed E-state index contributed by atoms with van der Waals surface area (Å²) >= 11 is 0. The SMILES string of the molecule is Nc1nc(N)c2ncn(-c3ccc(N4CCOCC4)cc3C(F)(F)F)c2n1. The third-order valence-corrected chi connectivity index (χ3v) is 4.36. The number of hydrogen-bond acceptors (Lipinski definition) is 7. The average molecular weight is 379 g/mol. The molecule has 0 bridgehead atoms. The zero-order chi connectivity index (χ0) is 19.2. The summed E-state index contributed by atoms with van der Waals surface area (Å²) in [4.78, 5) is 13.7. The Morgan fingerprint density at radius 1 is 1.07 bits per heavy atom. The molecule has 1 saturated heterocycles. The molecule has 3 aromatic rings. The predicted molar refractivity (Wildman–Crippen MR) is 93.5 cm³/mol. The number of fused-ring (bicyclic) bond motifs is 1. The van der Waals surface area contributed by atoms with Crippen molar-refractivity contribution >= 4 is 28.6 Å². The van der Waals surface area contributed by atoms with Gasteiger partial charge in [-0.15, -0.1) is 0 Å². The van der Waals surface area contributed by atoms with Crippen LogP contribution in [-0.2, 0) is 10.9 Å². The zero-order valence-corrected chi connectivity index (χ0v) is 14.1. The zero-order valence-electron chi connectivity index (χ0n) is 14.1. The minimum Gasteiger partial charge on any atom is -0.382 e. The third kappa shape index (κ3) is 3.10. The number of nitrogens with zero attached hydrogens (tertiary/aromatic N) is 5. The van der Waals surface area contributed by atoms with E-state index in [0.717, 1.165) is 6.07 Å². The van der Waals surface area contributed by atoms with Gasteiger partial charge in [-0.1, -0.05) is 0 Å². The highest BCUT2D eigenvalue weighted by molar-refractivity contribution is 5.84. The molecule has 0 radical (unpaired) electrons. The normalized spacial score (nSPS) is 15.4. The summed E-state index contributed by atoms with van der Waals surface area (Å²) < 4.78 is 47.8. The molecule has 0 atom stereocenters. The van der Waals surface area contributed by atoms with Crippen LogP contribution in [0.15, 0.2) is 24.5 Å². The highest BCUT2D eigenvalue weighted by Crippen LogP contribution is 2.37. The van der Waals surface area contributed by atoms with E-state index in [2.05, 4.69) is 15.0 Å². The van der Waals surface area contributed by atoms with Crippen LogP contribution < -0.4 is 16.4 Å². The maximum Gasteiger partial charge on any atom is 0.418 e. The van der Waals surface area contributed by atoms with Crippen LogP contribution in [0.2, 0.25) is 0 Å². The molecule has 1 aliphatic heterocycles. The van der Waals surface area contributed by atoms with Crippen molar-refractivity contribution < 1.29 is 17.9 Å². The lowest BCUT2D eigenvalue weighted by molar-refractivity contribution is -0.137. The van der Waals surface area contributed by atoms with Crippen molar-refractivity contribution in [3.63, 3.8) is 0 Å². The highest BCUT2D eigenvalue weighted by atomic mass is 19.4. The van der Waals surface area contributed by atoms with E-state index >= 15 is 0 Å². The standard InChI is InChI=1S/C16H16F3N7O/c17-16(18,19)10-7-9(25-3-5-27-6-4-25)1-2-11(10)26-8-22-12-13(20)23-15(21)24-14(12)26/h1-2,7-8H,3-6H2,(H4,20,21,23,24). The molecule has 4 rings (SSSR count). The van der Waals surface area contributed by atoms with Crippen LogP contribution in [-0.4, -0.2) is 45.8 Å². The first-order chi connectivity index (χ1) is 12.8. The second-order valence-corrected chi connectivity index (χ2v) is 6.05. The Kier molecular flexibility index (Phi) is 4.02. The van der Waals surface area contributed by atoms with Crippen LogP contribution in [0.5, 0.6) is 0 Å². The number of imidazole rings is 1. The number of nitrogen functional groups attached to an aromatic ring is 2. The van der Waals surface area contributed by atoms with E-state index in [4.69, 9.17) is 16.2 Å². The molecule has 4 N–H and O–H groups in total. The minimum absolute atomic E-state index is 0.00902. The van der Waals surface area contributed by atoms with Gasteiger partial charge in [0.25, 0.3) is 0 Å². The Morgan fingerprint density at radius 2 is 1.81 bits per heavy atom. The Balaban J connectivity index is 1.88. The average Bonchev–Trinajstić information content (AvgIpc) is 3.05. The molecule has 3 heterocycles. The lowest BCUT2D eigenvalue weighted by Gasteiger charge is -2.29. The largest absolute Gasteiger partial charge is 0.418 e. The molecule has 8 nitrogen and oxygen atoms in total. The number of benzene rings is 1. The fourth-order valence-corrected chi connectivity index (χ4v) is 3.10. The second-order valence-electron chi connectivity index (χ2n) is 6.05. The fraction of sp³-hybridized carbons (Fsp3) is 0.312. The van der Waals surface area contributed by atoms with E-state index < -0.39 is 11.7 Å². The molecule has 1 aliphatic rings. The van der Waals surface area contributed by atoms with Gasteiger partial charge in [-0.25, -0.2) is 4.98 Å². The topological polar surface area (TPSA) is 108 Å². The summed E-state index contributed by atoms with van der Waals surface area (Å²) in [6, 6.07) is 4.15. The van der Waals surface area contributed by atoms with Gasteiger partial charge in [-0.2, -0.15) is 23.1 Å². The number of nitrogens with two attached hydrogens (primary N) is 2. The van der Waals surface area contributed by atoms with Gasteiger partial charge in [0.15, 0.2) is 17.0 Å². The van der Waals surface area contributed by atoms with E-state index in [-0.39, 0.29) is 28.6 Å². The van der Waals surface area contributed by atoms with Gasteiger partial charge >= 0.3 is 6.18 Å². The summed E-state index contributed by atoms with van der Waals surface area (Å²) in [7, 11) is 0. The first-order valence-corrected chi connectivity index (χ1v) is 8.15. The van der Waals surface area contributed by atoms with Crippen molar-refractivity contribution in [2.75, 3.05) is 42.7 Å². The smallest absolute Gasteiger partial charge is 0.382 e. The van der Waals surface area contributed by atoms with Crippen LogP contribution in [0.1, 0.15) is 5.56 Å². The third-order valence-electron chi connectivity index (χ3n) is 4.36. The van der Waals surface area contributed by atoms with Gasteiger partial charge in [0.05, 0.1) is 24.5 Å². The lowest BCUT2D eigenvalue weighted by atomic mass is 10.1. The van der Waals surface area contributed by atoms with E-state index in [9.17, 15) is 13.2 Å². The van der Waals surface area contributed by atoms with Crippen molar-refractivity contribution in [2.45, 2.75) is 6.18 Å². The van der Waals surface area contributed by atoms with Crippen LogP contribution in [0, 0.1) is 0 Å². The predicted octanol–water partition coefficient (Wildman–Crippen LogP) is 1.84. The van der Waals surface area contributed by atoms with Gasteiger partial charge < -0.3 is 21.1 Å². The first kappa shape index (κ1) is 17.3. The van der Waals surface area contributed by atoms with Gasteiger partial charge in [-0.05, 0) is 18.2 Å². The Hall–Kier alpha value is -3.08. The monoisotopic (exact) mass is 379 g/mol. The summed E-state index contributed by atoms with van der Waals surface area (Å²) in [5, 5.41) is 0. The van der Waals surface area contributed by atoms with Crippen molar-refractivity contribution in [1.29, 1.82) is 0 Å². The van der Waals surface area contributed by atoms with Gasteiger partial charge in [0.2, 0.25) is 5.95 Å². The number of aromatic nitrogens is 4. The Bertz CT molecular complexity index is 996. The number of morpholine rings is 1. The van der Waals surface area contributed by atoms with Gasteiger partial charge in [0, 0.05) is 18.8 Å². The Morgan fingerprint density at radius 3 is 2.52 bits per heavy atom. The molecule has 11 heteroatoms. The van der Waals surface area contributed by atoms with Gasteiger partial charge in [-0.3, -0.25) is 4.57 Å². The number of ether oxygens (including phenoxy) is 1. The van der Waals surface area contributed by atoms with E-state index in [1.807, 2.05) is 4.90 Å². The highest BCUT2D eigenvalue weighted by Gasteiger charge is 2.35. The summed E-state index contributed by atoms with van der Waals surface area (Å²) in [6.07, 6.45) is -3.34. The molecular formula is C16H16F3N7O. The summed E-state index contributed by atoms with van der Waals surface area (Å²) in [6.45, 7) is 2.02. The molecule has 1 fully saturated rings. The van der Waals surface area contributed by atoms with E-state index in [1.165, 1.54) is 17.0 Å². The number of alkyl halides is 3. The molecule has 142 valence electrons. The van der Waals surface area contributed by atoms with Crippen molar-refractivity contribution in [1.82, 2.24) is 19.5 Å². The van der Waals surface area contributed by atoms with Crippen LogP contribution in [0.4, 0.5) is 30.6 Å². The van der Waals surface area contributed by atoms with Crippen LogP contribution in [0.25, 0.3) is 16.9 Å². The second kappa shape index (κ2) is 6.27. The van der Waals surface area contributed by atoms with E-state index in [0.29, 0.717) is 32.0 Å². The molecule has 2 aromatic heterocycles. The number of rotatable bonds is 2. The fourth-order valence-electron chi connectivity index (χ4n) is 3.10. The van der Waals surface area contributed by atoms with Crippen LogP contribution in [0.3, 0.4) is 0 Å². The summed E-state index contributed by atoms with van der Waals surface area (Å²) in [5.74, 6) is -0.130. The molecule has 0 amide bonds. The molecule has 0 unspecified atom stereocenters. The Labute approximate surface area is 151 Å². The van der Waals surface area contributed by atoms with Crippen LogP contribution >= 0.6 is 0 Å². The van der Waals surface area contributed by atoms with Crippen molar-refractivity contribution in [3.05, 3.63) is 30.1 Å². The quantitative estimate of drug-likeness (QED) is 0.699. The maximum absolute atomic E-state index is 13.8. The number of halogens is 3. The molecule has 0 saturated carbocycles. The molecule has 0 aliphatic carbocycles.